The van der Waals surface area contributed by atoms with Gasteiger partial charge in [-0.25, -0.2) is 9.37 Å². The van der Waals surface area contributed by atoms with Crippen molar-refractivity contribution in [3.63, 3.8) is 0 Å². The molecular formula is C20H19ClFN3O2S. The van der Waals surface area contributed by atoms with Gasteiger partial charge in [-0.1, -0.05) is 49.3 Å². The summed E-state index contributed by atoms with van der Waals surface area (Å²) in [5, 5.41) is 3.77. The van der Waals surface area contributed by atoms with Crippen molar-refractivity contribution in [2.24, 2.45) is 5.92 Å². The molecule has 0 aliphatic rings. The lowest BCUT2D eigenvalue weighted by Crippen LogP contribution is -2.26. The fourth-order valence-corrected chi connectivity index (χ4v) is 3.66. The standard InChI is InChI=1S/C20H19ClFN3O2S/c1-12(2)10-25-19(27)14-5-3-4-6-16(14)24-20(25)28-11-18(26)23-17-8-7-13(21)9-15(17)22/h3-9,12H,10-11H2,1-2H3,(H,23,26). The van der Waals surface area contributed by atoms with Gasteiger partial charge in [0.2, 0.25) is 5.91 Å². The zero-order valence-corrected chi connectivity index (χ0v) is 17.0. The summed E-state index contributed by atoms with van der Waals surface area (Å²) in [5.41, 5.74) is 0.506. The van der Waals surface area contributed by atoms with Gasteiger partial charge >= 0.3 is 0 Å². The van der Waals surface area contributed by atoms with Gasteiger partial charge in [0, 0.05) is 11.6 Å². The molecule has 0 spiro atoms. The Bertz CT molecular complexity index is 1080. The Morgan fingerprint density at radius 2 is 2.04 bits per heavy atom. The van der Waals surface area contributed by atoms with Gasteiger partial charge in [-0.2, -0.15) is 0 Å². The SMILES string of the molecule is CC(C)Cn1c(SCC(=O)Nc2ccc(Cl)cc2F)nc2ccccc2c1=O. The van der Waals surface area contributed by atoms with Gasteiger partial charge in [-0.3, -0.25) is 14.2 Å². The molecule has 1 amide bonds. The van der Waals surface area contributed by atoms with Crippen molar-refractivity contribution in [2.75, 3.05) is 11.1 Å². The molecule has 0 fully saturated rings. The third-order valence-corrected chi connectivity index (χ3v) is 5.12. The summed E-state index contributed by atoms with van der Waals surface area (Å²) in [7, 11) is 0. The van der Waals surface area contributed by atoms with Crippen LogP contribution in [0.1, 0.15) is 13.8 Å². The zero-order valence-electron chi connectivity index (χ0n) is 15.4. The number of benzene rings is 2. The molecule has 0 radical (unpaired) electrons. The molecule has 0 unspecified atom stereocenters. The quantitative estimate of drug-likeness (QED) is 0.469. The summed E-state index contributed by atoms with van der Waals surface area (Å²) in [6, 6.07) is 11.2. The monoisotopic (exact) mass is 419 g/mol. The third-order valence-electron chi connectivity index (χ3n) is 3.91. The number of hydrogen-bond acceptors (Lipinski definition) is 4. The van der Waals surface area contributed by atoms with Gasteiger partial charge in [0.1, 0.15) is 5.82 Å². The highest BCUT2D eigenvalue weighted by Gasteiger charge is 2.15. The highest BCUT2D eigenvalue weighted by atomic mass is 35.5. The number of fused-ring (bicyclic) bond motifs is 1. The predicted octanol–water partition coefficient (Wildman–Crippen LogP) is 4.58. The van der Waals surface area contributed by atoms with Crippen LogP contribution in [0.25, 0.3) is 10.9 Å². The zero-order chi connectivity index (χ0) is 20.3. The fraction of sp³-hybridized carbons (Fsp3) is 0.250. The molecule has 8 heteroatoms. The normalized spacial score (nSPS) is 11.2. The minimum absolute atomic E-state index is 0.00899. The van der Waals surface area contributed by atoms with E-state index in [-0.39, 0.29) is 27.9 Å². The van der Waals surface area contributed by atoms with Crippen LogP contribution in [0.3, 0.4) is 0 Å². The number of para-hydroxylation sites is 1. The van der Waals surface area contributed by atoms with Gasteiger partial charge in [0.15, 0.2) is 5.16 Å². The van der Waals surface area contributed by atoms with Crippen molar-refractivity contribution >= 4 is 45.9 Å². The molecule has 0 saturated carbocycles. The van der Waals surface area contributed by atoms with Gasteiger partial charge in [0.25, 0.3) is 5.56 Å². The molecular weight excluding hydrogens is 401 g/mol. The van der Waals surface area contributed by atoms with Crippen molar-refractivity contribution in [1.82, 2.24) is 9.55 Å². The van der Waals surface area contributed by atoms with E-state index in [4.69, 9.17) is 11.6 Å². The molecule has 5 nitrogen and oxygen atoms in total. The third kappa shape index (κ3) is 4.72. The summed E-state index contributed by atoms with van der Waals surface area (Å²) < 4.78 is 15.4. The lowest BCUT2D eigenvalue weighted by molar-refractivity contribution is -0.113. The summed E-state index contributed by atoms with van der Waals surface area (Å²) in [4.78, 5) is 29.7. The minimum Gasteiger partial charge on any atom is -0.323 e. The average Bonchev–Trinajstić information content (AvgIpc) is 2.65. The van der Waals surface area contributed by atoms with Crippen LogP contribution in [0.2, 0.25) is 5.02 Å². The van der Waals surface area contributed by atoms with E-state index in [0.29, 0.717) is 22.6 Å². The number of hydrogen-bond donors (Lipinski definition) is 1. The lowest BCUT2D eigenvalue weighted by atomic mass is 10.2. The van der Waals surface area contributed by atoms with Crippen molar-refractivity contribution in [1.29, 1.82) is 0 Å². The molecule has 0 saturated heterocycles. The van der Waals surface area contributed by atoms with Crippen molar-refractivity contribution in [2.45, 2.75) is 25.5 Å². The first kappa shape index (κ1) is 20.4. The van der Waals surface area contributed by atoms with Gasteiger partial charge in [0.05, 0.1) is 22.3 Å². The second-order valence-corrected chi connectivity index (χ2v) is 8.06. The van der Waals surface area contributed by atoms with Crippen LogP contribution >= 0.6 is 23.4 Å². The van der Waals surface area contributed by atoms with Crippen LogP contribution in [0, 0.1) is 11.7 Å². The molecule has 28 heavy (non-hydrogen) atoms. The van der Waals surface area contributed by atoms with Gasteiger partial charge in [-0.15, -0.1) is 0 Å². The van der Waals surface area contributed by atoms with E-state index in [1.54, 1.807) is 22.8 Å². The van der Waals surface area contributed by atoms with Crippen molar-refractivity contribution in [3.05, 3.63) is 63.7 Å². The van der Waals surface area contributed by atoms with E-state index in [9.17, 15) is 14.0 Å². The average molecular weight is 420 g/mol. The maximum absolute atomic E-state index is 13.8. The van der Waals surface area contributed by atoms with Crippen LogP contribution in [0.5, 0.6) is 0 Å². The topological polar surface area (TPSA) is 64.0 Å². The second kappa shape index (κ2) is 8.75. The largest absolute Gasteiger partial charge is 0.323 e. The van der Waals surface area contributed by atoms with Crippen molar-refractivity contribution in [3.8, 4) is 0 Å². The summed E-state index contributed by atoms with van der Waals surface area (Å²) >= 11 is 6.86. The highest BCUT2D eigenvalue weighted by Crippen LogP contribution is 2.21. The van der Waals surface area contributed by atoms with E-state index >= 15 is 0 Å². The van der Waals surface area contributed by atoms with E-state index in [0.717, 1.165) is 17.8 Å². The smallest absolute Gasteiger partial charge is 0.262 e. The number of rotatable bonds is 6. The van der Waals surface area contributed by atoms with Gasteiger partial charge in [-0.05, 0) is 36.2 Å². The Morgan fingerprint density at radius 1 is 1.29 bits per heavy atom. The Balaban J connectivity index is 1.82. The maximum atomic E-state index is 13.8. The minimum atomic E-state index is -0.605. The molecule has 0 bridgehead atoms. The number of amides is 1. The molecule has 3 aromatic rings. The molecule has 3 rings (SSSR count). The van der Waals surface area contributed by atoms with Crippen LogP contribution in [0.15, 0.2) is 52.4 Å². The van der Waals surface area contributed by atoms with Gasteiger partial charge < -0.3 is 5.32 Å². The Morgan fingerprint density at radius 3 is 2.75 bits per heavy atom. The molecule has 1 heterocycles. The molecule has 146 valence electrons. The van der Waals surface area contributed by atoms with E-state index in [1.807, 2.05) is 19.9 Å². The van der Waals surface area contributed by atoms with Crippen LogP contribution < -0.4 is 10.9 Å². The number of carbonyl (C=O) groups is 1. The summed E-state index contributed by atoms with van der Waals surface area (Å²) in [6.07, 6.45) is 0. The Kier molecular flexibility index (Phi) is 6.36. The number of nitrogens with one attached hydrogen (secondary N) is 1. The Hall–Kier alpha value is -2.38. The molecule has 2 aromatic carbocycles. The molecule has 0 atom stereocenters. The molecule has 0 aliphatic heterocycles. The molecule has 0 aliphatic carbocycles. The second-order valence-electron chi connectivity index (χ2n) is 6.68. The number of halogens is 2. The van der Waals surface area contributed by atoms with Crippen LogP contribution in [-0.2, 0) is 11.3 Å². The van der Waals surface area contributed by atoms with E-state index < -0.39 is 11.7 Å². The fourth-order valence-electron chi connectivity index (χ4n) is 2.69. The van der Waals surface area contributed by atoms with Crippen molar-refractivity contribution < 1.29 is 9.18 Å². The van der Waals surface area contributed by atoms with E-state index in [1.165, 1.54) is 12.1 Å². The van der Waals surface area contributed by atoms with Crippen LogP contribution in [0.4, 0.5) is 10.1 Å². The summed E-state index contributed by atoms with van der Waals surface area (Å²) in [5.74, 6) is -0.779. The number of anilines is 1. The first-order valence-electron chi connectivity index (χ1n) is 8.72. The number of aromatic nitrogens is 2. The van der Waals surface area contributed by atoms with E-state index in [2.05, 4.69) is 10.3 Å². The van der Waals surface area contributed by atoms with Crippen LogP contribution in [-0.4, -0.2) is 21.2 Å². The number of carbonyl (C=O) groups excluding carboxylic acids is 1. The lowest BCUT2D eigenvalue weighted by Gasteiger charge is -2.15. The first-order chi connectivity index (χ1) is 13.3. The number of nitrogens with zero attached hydrogens (tertiary/aromatic N) is 2. The molecule has 1 aromatic heterocycles. The maximum Gasteiger partial charge on any atom is 0.262 e. The molecule has 1 N–H and O–H groups in total. The summed E-state index contributed by atoms with van der Waals surface area (Å²) in [6.45, 7) is 4.50. The Labute approximate surface area is 170 Å². The predicted molar refractivity (Wildman–Crippen MR) is 112 cm³/mol. The number of thioether (sulfide) groups is 1. The highest BCUT2D eigenvalue weighted by molar-refractivity contribution is 7.99. The first-order valence-corrected chi connectivity index (χ1v) is 10.1.